The normalized spacial score (nSPS) is 10.2. The van der Waals surface area contributed by atoms with Gasteiger partial charge in [-0.3, -0.25) is 4.79 Å². The smallest absolute Gasteiger partial charge is 0.163 e. The molecule has 20 heavy (non-hydrogen) atoms. The van der Waals surface area contributed by atoms with Crippen molar-refractivity contribution < 1.29 is 14.3 Å². The fraction of sp³-hybridized carbons (Fsp3) is 0.235. The van der Waals surface area contributed by atoms with Crippen LogP contribution >= 0.6 is 0 Å². The summed E-state index contributed by atoms with van der Waals surface area (Å²) in [5, 5.41) is 0. The van der Waals surface area contributed by atoms with Gasteiger partial charge in [-0.1, -0.05) is 24.3 Å². The third-order valence-corrected chi connectivity index (χ3v) is 3.13. The number of Topliss-reactive ketones (excluding diaryl/α,β-unsaturated/α-hetero) is 1. The standard InChI is InChI=1S/C17H18O3/c1-12-5-4-6-16(13(2)18)17(12)20-11-14-7-9-15(19-3)10-8-14/h4-10H,11H2,1-3H3. The molecule has 0 spiro atoms. The molecule has 0 saturated carbocycles. The second-order valence-corrected chi connectivity index (χ2v) is 4.64. The largest absolute Gasteiger partial charge is 0.497 e. The molecule has 0 bridgehead atoms. The van der Waals surface area contributed by atoms with Crippen LogP contribution in [0.4, 0.5) is 0 Å². The van der Waals surface area contributed by atoms with Gasteiger partial charge in [-0.15, -0.1) is 0 Å². The van der Waals surface area contributed by atoms with Crippen LogP contribution in [0, 0.1) is 6.92 Å². The molecule has 0 aliphatic carbocycles. The number of ketones is 1. The van der Waals surface area contributed by atoms with E-state index in [0.717, 1.165) is 16.9 Å². The van der Waals surface area contributed by atoms with Gasteiger partial charge in [0, 0.05) is 0 Å². The quantitative estimate of drug-likeness (QED) is 0.775. The van der Waals surface area contributed by atoms with E-state index in [0.29, 0.717) is 17.9 Å². The fourth-order valence-corrected chi connectivity index (χ4v) is 2.00. The zero-order chi connectivity index (χ0) is 14.5. The van der Waals surface area contributed by atoms with E-state index in [-0.39, 0.29) is 5.78 Å². The molecule has 2 aromatic rings. The molecule has 2 rings (SSSR count). The van der Waals surface area contributed by atoms with E-state index < -0.39 is 0 Å². The summed E-state index contributed by atoms with van der Waals surface area (Å²) >= 11 is 0. The lowest BCUT2D eigenvalue weighted by Crippen LogP contribution is -2.03. The molecule has 0 unspecified atom stereocenters. The first-order valence-corrected chi connectivity index (χ1v) is 6.48. The lowest BCUT2D eigenvalue weighted by molar-refractivity contribution is 0.101. The highest BCUT2D eigenvalue weighted by atomic mass is 16.5. The van der Waals surface area contributed by atoms with Crippen LogP contribution in [-0.2, 0) is 6.61 Å². The van der Waals surface area contributed by atoms with E-state index in [1.807, 2.05) is 43.3 Å². The highest BCUT2D eigenvalue weighted by Gasteiger charge is 2.10. The third kappa shape index (κ3) is 3.18. The van der Waals surface area contributed by atoms with Crippen LogP contribution in [0.5, 0.6) is 11.5 Å². The second kappa shape index (κ2) is 6.24. The van der Waals surface area contributed by atoms with Gasteiger partial charge in [-0.05, 0) is 43.2 Å². The summed E-state index contributed by atoms with van der Waals surface area (Å²) in [5.41, 5.74) is 2.62. The minimum atomic E-state index is 0.0124. The molecule has 0 saturated heterocycles. The van der Waals surface area contributed by atoms with E-state index in [2.05, 4.69) is 0 Å². The number of hydrogen-bond acceptors (Lipinski definition) is 3. The molecule has 2 aromatic carbocycles. The Bertz CT molecular complexity index is 600. The Morgan fingerprint density at radius 1 is 1.10 bits per heavy atom. The number of rotatable bonds is 5. The van der Waals surface area contributed by atoms with Crippen molar-refractivity contribution in [2.45, 2.75) is 20.5 Å². The van der Waals surface area contributed by atoms with Crippen molar-refractivity contribution in [2.75, 3.05) is 7.11 Å². The van der Waals surface area contributed by atoms with Gasteiger partial charge in [0.2, 0.25) is 0 Å². The molecular formula is C17H18O3. The molecule has 0 N–H and O–H groups in total. The van der Waals surface area contributed by atoms with Crippen LogP contribution in [0.1, 0.15) is 28.4 Å². The second-order valence-electron chi connectivity index (χ2n) is 4.64. The topological polar surface area (TPSA) is 35.5 Å². The summed E-state index contributed by atoms with van der Waals surface area (Å²) in [4.78, 5) is 11.6. The van der Waals surface area contributed by atoms with Crippen molar-refractivity contribution in [3.8, 4) is 11.5 Å². The van der Waals surface area contributed by atoms with Crippen LogP contribution in [0.3, 0.4) is 0 Å². The maximum atomic E-state index is 11.6. The third-order valence-electron chi connectivity index (χ3n) is 3.13. The predicted molar refractivity (Wildman–Crippen MR) is 78.5 cm³/mol. The summed E-state index contributed by atoms with van der Waals surface area (Å²) in [6, 6.07) is 13.3. The molecule has 104 valence electrons. The average molecular weight is 270 g/mol. The Morgan fingerprint density at radius 2 is 1.80 bits per heavy atom. The molecule has 0 heterocycles. The Labute approximate surface area is 119 Å². The highest BCUT2D eigenvalue weighted by Crippen LogP contribution is 2.25. The fourth-order valence-electron chi connectivity index (χ4n) is 2.00. The first kappa shape index (κ1) is 14.1. The zero-order valence-corrected chi connectivity index (χ0v) is 12.0. The van der Waals surface area contributed by atoms with Crippen LogP contribution in [-0.4, -0.2) is 12.9 Å². The first-order chi connectivity index (χ1) is 9.61. The summed E-state index contributed by atoms with van der Waals surface area (Å²) in [6.07, 6.45) is 0. The van der Waals surface area contributed by atoms with Crippen molar-refractivity contribution in [3.63, 3.8) is 0 Å². The van der Waals surface area contributed by atoms with Gasteiger partial charge in [-0.2, -0.15) is 0 Å². The molecule has 0 aliphatic heterocycles. The average Bonchev–Trinajstić information content (AvgIpc) is 2.46. The highest BCUT2D eigenvalue weighted by molar-refractivity contribution is 5.97. The lowest BCUT2D eigenvalue weighted by atomic mass is 10.1. The van der Waals surface area contributed by atoms with E-state index in [1.165, 1.54) is 0 Å². The van der Waals surface area contributed by atoms with E-state index in [4.69, 9.17) is 9.47 Å². The predicted octanol–water partition coefficient (Wildman–Crippen LogP) is 3.79. The first-order valence-electron chi connectivity index (χ1n) is 6.48. The summed E-state index contributed by atoms with van der Waals surface area (Å²) < 4.78 is 10.9. The number of carbonyl (C=O) groups excluding carboxylic acids is 1. The van der Waals surface area contributed by atoms with Gasteiger partial charge in [0.15, 0.2) is 5.78 Å². The van der Waals surface area contributed by atoms with Crippen LogP contribution in [0.15, 0.2) is 42.5 Å². The Balaban J connectivity index is 2.16. The number of ether oxygens (including phenoxy) is 2. The number of benzene rings is 2. The Hall–Kier alpha value is -2.29. The molecule has 0 radical (unpaired) electrons. The van der Waals surface area contributed by atoms with Crippen LogP contribution < -0.4 is 9.47 Å². The summed E-state index contributed by atoms with van der Waals surface area (Å²) in [7, 11) is 1.64. The molecule has 0 aromatic heterocycles. The Kier molecular flexibility index (Phi) is 4.41. The number of para-hydroxylation sites is 1. The zero-order valence-electron chi connectivity index (χ0n) is 12.0. The van der Waals surface area contributed by atoms with Crippen LogP contribution in [0.25, 0.3) is 0 Å². The molecular weight excluding hydrogens is 252 g/mol. The maximum absolute atomic E-state index is 11.6. The van der Waals surface area contributed by atoms with Crippen molar-refractivity contribution in [3.05, 3.63) is 59.2 Å². The number of methoxy groups -OCH3 is 1. The molecule has 0 fully saturated rings. The van der Waals surface area contributed by atoms with Crippen molar-refractivity contribution >= 4 is 5.78 Å². The van der Waals surface area contributed by atoms with Gasteiger partial charge in [0.25, 0.3) is 0 Å². The maximum Gasteiger partial charge on any atom is 0.163 e. The minimum absolute atomic E-state index is 0.0124. The van der Waals surface area contributed by atoms with Crippen molar-refractivity contribution in [2.24, 2.45) is 0 Å². The van der Waals surface area contributed by atoms with Crippen molar-refractivity contribution in [1.82, 2.24) is 0 Å². The SMILES string of the molecule is COc1ccc(COc2c(C)cccc2C(C)=O)cc1. The number of aryl methyl sites for hydroxylation is 1. The van der Waals surface area contributed by atoms with Gasteiger partial charge in [-0.25, -0.2) is 0 Å². The van der Waals surface area contributed by atoms with E-state index in [1.54, 1.807) is 20.1 Å². The van der Waals surface area contributed by atoms with Crippen molar-refractivity contribution in [1.29, 1.82) is 0 Å². The Morgan fingerprint density at radius 3 is 2.40 bits per heavy atom. The molecule has 0 atom stereocenters. The van der Waals surface area contributed by atoms with Gasteiger partial charge in [0.1, 0.15) is 18.1 Å². The number of hydrogen-bond donors (Lipinski definition) is 0. The van der Waals surface area contributed by atoms with Gasteiger partial charge in [0.05, 0.1) is 12.7 Å². The van der Waals surface area contributed by atoms with Gasteiger partial charge < -0.3 is 9.47 Å². The van der Waals surface area contributed by atoms with Crippen LogP contribution in [0.2, 0.25) is 0 Å². The van der Waals surface area contributed by atoms with Gasteiger partial charge >= 0.3 is 0 Å². The van der Waals surface area contributed by atoms with E-state index >= 15 is 0 Å². The molecule has 0 amide bonds. The lowest BCUT2D eigenvalue weighted by Gasteiger charge is -2.12. The molecule has 3 nitrogen and oxygen atoms in total. The summed E-state index contributed by atoms with van der Waals surface area (Å²) in [6.45, 7) is 3.92. The number of carbonyl (C=O) groups is 1. The monoisotopic (exact) mass is 270 g/mol. The summed E-state index contributed by atoms with van der Waals surface area (Å²) in [5.74, 6) is 1.49. The minimum Gasteiger partial charge on any atom is -0.497 e. The molecule has 0 aliphatic rings. The molecule has 3 heteroatoms. The van der Waals surface area contributed by atoms with E-state index in [9.17, 15) is 4.79 Å².